The van der Waals surface area contributed by atoms with Gasteiger partial charge in [-0.2, -0.15) is 0 Å². The Balaban J connectivity index is 2.14. The minimum atomic E-state index is -0.442. The van der Waals surface area contributed by atoms with E-state index in [1.54, 1.807) is 6.92 Å². The van der Waals surface area contributed by atoms with Crippen LogP contribution in [-0.2, 0) is 22.4 Å². The third-order valence-corrected chi connectivity index (χ3v) is 5.01. The van der Waals surface area contributed by atoms with Crippen LogP contribution in [0.25, 0.3) is 0 Å². The first-order valence-electron chi connectivity index (χ1n) is 7.80. The molecule has 1 aliphatic carbocycles. The van der Waals surface area contributed by atoms with Crippen molar-refractivity contribution in [3.63, 3.8) is 0 Å². The number of carbonyl (C=O) groups is 1. The minimum Gasteiger partial charge on any atom is -0.422 e. The molecule has 1 heterocycles. The SMILES string of the molecule is CC(=O)Oc1c2c(c(C)cc(C)c1=O)CC(C1(C)CO1)CC2. The second-order valence-electron chi connectivity index (χ2n) is 6.76. The van der Waals surface area contributed by atoms with E-state index < -0.39 is 5.97 Å². The molecule has 1 aliphatic heterocycles. The van der Waals surface area contributed by atoms with E-state index in [0.717, 1.165) is 42.6 Å². The third kappa shape index (κ3) is 2.56. The Morgan fingerprint density at radius 1 is 1.32 bits per heavy atom. The molecule has 1 saturated heterocycles. The number of ether oxygens (including phenoxy) is 2. The fraction of sp³-hybridized carbons (Fsp3) is 0.556. The van der Waals surface area contributed by atoms with Crippen molar-refractivity contribution in [1.82, 2.24) is 0 Å². The van der Waals surface area contributed by atoms with Crippen molar-refractivity contribution < 1.29 is 14.3 Å². The second-order valence-corrected chi connectivity index (χ2v) is 6.76. The lowest BCUT2D eigenvalue weighted by atomic mass is 9.77. The van der Waals surface area contributed by atoms with Gasteiger partial charge in [-0.15, -0.1) is 0 Å². The average Bonchev–Trinajstić information content (AvgIpc) is 3.22. The van der Waals surface area contributed by atoms with Crippen LogP contribution in [0.3, 0.4) is 0 Å². The fourth-order valence-electron chi connectivity index (χ4n) is 3.51. The number of hydrogen-bond donors (Lipinski definition) is 0. The first-order valence-corrected chi connectivity index (χ1v) is 7.80. The van der Waals surface area contributed by atoms with Gasteiger partial charge in [-0.25, -0.2) is 0 Å². The van der Waals surface area contributed by atoms with Gasteiger partial charge >= 0.3 is 5.97 Å². The van der Waals surface area contributed by atoms with Crippen LogP contribution in [-0.4, -0.2) is 18.2 Å². The smallest absolute Gasteiger partial charge is 0.308 e. The molecule has 2 unspecified atom stereocenters. The zero-order chi connectivity index (χ0) is 16.1. The Morgan fingerprint density at radius 3 is 2.59 bits per heavy atom. The van der Waals surface area contributed by atoms with Crippen molar-refractivity contribution in [2.24, 2.45) is 5.92 Å². The largest absolute Gasteiger partial charge is 0.422 e. The number of epoxide rings is 1. The number of esters is 1. The lowest BCUT2D eigenvalue weighted by molar-refractivity contribution is -0.132. The molecule has 0 spiro atoms. The number of hydrogen-bond acceptors (Lipinski definition) is 4. The Kier molecular flexibility index (Phi) is 3.60. The Labute approximate surface area is 130 Å². The van der Waals surface area contributed by atoms with Crippen LogP contribution in [0, 0.1) is 19.8 Å². The number of rotatable bonds is 2. The molecule has 0 bridgehead atoms. The van der Waals surface area contributed by atoms with Crippen LogP contribution >= 0.6 is 0 Å². The first kappa shape index (κ1) is 15.2. The monoisotopic (exact) mass is 302 g/mol. The summed E-state index contributed by atoms with van der Waals surface area (Å²) in [5.74, 6) is 0.247. The van der Waals surface area contributed by atoms with Crippen LogP contribution in [0.2, 0.25) is 0 Å². The summed E-state index contributed by atoms with van der Waals surface area (Å²) in [6.07, 6.45) is 2.59. The lowest BCUT2D eigenvalue weighted by Gasteiger charge is -2.28. The van der Waals surface area contributed by atoms with Gasteiger partial charge in [0.15, 0.2) is 5.75 Å². The van der Waals surface area contributed by atoms with Crippen molar-refractivity contribution in [2.45, 2.75) is 52.6 Å². The van der Waals surface area contributed by atoms with Crippen molar-refractivity contribution in [3.05, 3.63) is 38.5 Å². The molecule has 0 saturated carbocycles. The normalized spacial score (nSPS) is 26.3. The molecule has 0 N–H and O–H groups in total. The summed E-state index contributed by atoms with van der Waals surface area (Å²) in [7, 11) is 0. The van der Waals surface area contributed by atoms with Gasteiger partial charge in [-0.1, -0.05) is 6.07 Å². The summed E-state index contributed by atoms with van der Waals surface area (Å²) < 4.78 is 10.9. The lowest BCUT2D eigenvalue weighted by Crippen LogP contribution is -2.28. The van der Waals surface area contributed by atoms with E-state index in [-0.39, 0.29) is 16.8 Å². The number of fused-ring (bicyclic) bond motifs is 1. The Hall–Kier alpha value is -1.68. The van der Waals surface area contributed by atoms with Gasteiger partial charge in [0.25, 0.3) is 0 Å². The molecule has 22 heavy (non-hydrogen) atoms. The van der Waals surface area contributed by atoms with E-state index in [4.69, 9.17) is 9.47 Å². The zero-order valence-corrected chi connectivity index (χ0v) is 13.6. The molecule has 0 aromatic heterocycles. The van der Waals surface area contributed by atoms with Gasteiger partial charge in [0, 0.05) is 18.1 Å². The number of carbonyl (C=O) groups excluding carboxylic acids is 1. The summed E-state index contributed by atoms with van der Waals surface area (Å²) in [5, 5.41) is 0. The molecule has 0 amide bonds. The molecule has 2 atom stereocenters. The predicted molar refractivity (Wildman–Crippen MR) is 83.4 cm³/mol. The predicted octanol–water partition coefficient (Wildman–Crippen LogP) is 2.48. The fourth-order valence-corrected chi connectivity index (χ4v) is 3.51. The van der Waals surface area contributed by atoms with Crippen LogP contribution < -0.4 is 10.2 Å². The Morgan fingerprint density at radius 2 is 2.00 bits per heavy atom. The van der Waals surface area contributed by atoms with Crippen molar-refractivity contribution in [3.8, 4) is 5.75 Å². The third-order valence-electron chi connectivity index (χ3n) is 5.01. The topological polar surface area (TPSA) is 55.9 Å². The van der Waals surface area contributed by atoms with Crippen LogP contribution in [0.15, 0.2) is 10.9 Å². The molecular weight excluding hydrogens is 280 g/mol. The van der Waals surface area contributed by atoms with E-state index in [1.165, 1.54) is 6.92 Å². The summed E-state index contributed by atoms with van der Waals surface area (Å²) in [4.78, 5) is 23.9. The molecule has 118 valence electrons. The Bertz CT molecular complexity index is 701. The summed E-state index contributed by atoms with van der Waals surface area (Å²) in [6.45, 7) is 8.11. The van der Waals surface area contributed by atoms with E-state index in [0.29, 0.717) is 11.5 Å². The zero-order valence-electron chi connectivity index (χ0n) is 13.6. The van der Waals surface area contributed by atoms with E-state index in [9.17, 15) is 9.59 Å². The highest BCUT2D eigenvalue weighted by atomic mass is 16.6. The standard InChI is InChI=1S/C18H22O4/c1-10-7-11(2)16(20)17(22-12(3)19)14-6-5-13(8-15(10)14)18(4)9-21-18/h7,13H,5-6,8-9H2,1-4H3. The van der Waals surface area contributed by atoms with Gasteiger partial charge in [-0.05, 0) is 57.1 Å². The maximum absolute atomic E-state index is 12.5. The van der Waals surface area contributed by atoms with E-state index >= 15 is 0 Å². The summed E-state index contributed by atoms with van der Waals surface area (Å²) in [6, 6.07) is 1.91. The summed E-state index contributed by atoms with van der Waals surface area (Å²) >= 11 is 0. The van der Waals surface area contributed by atoms with Gasteiger partial charge in [-0.3, -0.25) is 9.59 Å². The highest BCUT2D eigenvalue weighted by Gasteiger charge is 2.48. The van der Waals surface area contributed by atoms with Crippen LogP contribution in [0.1, 0.15) is 42.5 Å². The van der Waals surface area contributed by atoms with Crippen molar-refractivity contribution in [2.75, 3.05) is 6.61 Å². The van der Waals surface area contributed by atoms with E-state index in [2.05, 4.69) is 6.92 Å². The van der Waals surface area contributed by atoms with Gasteiger partial charge in [0.05, 0.1) is 12.2 Å². The van der Waals surface area contributed by atoms with E-state index in [1.807, 2.05) is 13.0 Å². The average molecular weight is 302 g/mol. The molecule has 0 radical (unpaired) electrons. The molecule has 1 aromatic rings. The molecule has 1 fully saturated rings. The molecule has 3 rings (SSSR count). The van der Waals surface area contributed by atoms with Gasteiger partial charge < -0.3 is 9.47 Å². The second kappa shape index (κ2) is 5.20. The highest BCUT2D eigenvalue weighted by Crippen LogP contribution is 2.43. The minimum absolute atomic E-state index is 0.0184. The molecule has 1 aromatic carbocycles. The molecule has 2 aliphatic rings. The quantitative estimate of drug-likeness (QED) is 0.622. The highest BCUT2D eigenvalue weighted by molar-refractivity contribution is 5.70. The van der Waals surface area contributed by atoms with Crippen molar-refractivity contribution >= 4 is 5.97 Å². The van der Waals surface area contributed by atoms with Crippen molar-refractivity contribution in [1.29, 1.82) is 0 Å². The molecule has 4 heteroatoms. The summed E-state index contributed by atoms with van der Waals surface area (Å²) in [5.41, 5.74) is 3.58. The maximum atomic E-state index is 12.5. The van der Waals surface area contributed by atoms with Crippen LogP contribution in [0.4, 0.5) is 0 Å². The maximum Gasteiger partial charge on any atom is 0.308 e. The van der Waals surface area contributed by atoms with Crippen LogP contribution in [0.5, 0.6) is 5.75 Å². The van der Waals surface area contributed by atoms with Gasteiger partial charge in [0.1, 0.15) is 0 Å². The number of aryl methyl sites for hydroxylation is 2. The van der Waals surface area contributed by atoms with Gasteiger partial charge in [0.2, 0.25) is 5.43 Å². The first-order chi connectivity index (χ1) is 10.3. The molecular formula is C18H22O4. The molecule has 4 nitrogen and oxygen atoms in total.